The third-order valence-corrected chi connectivity index (χ3v) is 4.99. The van der Waals surface area contributed by atoms with Gasteiger partial charge in [-0.25, -0.2) is 4.79 Å². The molecule has 152 valence electrons. The Morgan fingerprint density at radius 3 is 2.34 bits per heavy atom. The molecule has 0 heterocycles. The van der Waals surface area contributed by atoms with Crippen LogP contribution in [0.1, 0.15) is 45.5 Å². The van der Waals surface area contributed by atoms with Gasteiger partial charge in [-0.05, 0) is 60.1 Å². The maximum atomic E-state index is 12.0. The van der Waals surface area contributed by atoms with E-state index in [-0.39, 0.29) is 25.5 Å². The van der Waals surface area contributed by atoms with Crippen LogP contribution in [-0.4, -0.2) is 31.6 Å². The molecule has 0 spiro atoms. The Morgan fingerprint density at radius 2 is 1.62 bits per heavy atom. The minimum absolute atomic E-state index is 0.162. The molecule has 2 aromatic carbocycles. The zero-order valence-electron chi connectivity index (χ0n) is 16.5. The molecule has 1 N–H and O–H groups in total. The molecule has 1 aliphatic carbocycles. The maximum absolute atomic E-state index is 12.0. The summed E-state index contributed by atoms with van der Waals surface area (Å²) in [6, 6.07) is 12.9. The zero-order chi connectivity index (χ0) is 20.6. The van der Waals surface area contributed by atoms with Crippen molar-refractivity contribution in [1.82, 2.24) is 5.32 Å². The molecule has 0 radical (unpaired) electrons. The highest BCUT2D eigenvalue weighted by atomic mass is 16.5. The number of amides is 1. The second kappa shape index (κ2) is 9.87. The number of benzene rings is 2. The Hall–Kier alpha value is -3.15. The lowest BCUT2D eigenvalue weighted by molar-refractivity contribution is -0.147. The van der Waals surface area contributed by atoms with Gasteiger partial charge >= 0.3 is 11.9 Å². The third-order valence-electron chi connectivity index (χ3n) is 4.99. The Morgan fingerprint density at radius 1 is 0.931 bits per heavy atom. The van der Waals surface area contributed by atoms with Crippen LogP contribution >= 0.6 is 0 Å². The second-order valence-corrected chi connectivity index (χ2v) is 7.11. The quantitative estimate of drug-likeness (QED) is 0.729. The van der Waals surface area contributed by atoms with Crippen LogP contribution in [0.3, 0.4) is 0 Å². The number of carbonyl (C=O) groups is 3. The molecular formula is C23H25NO5. The van der Waals surface area contributed by atoms with Crippen molar-refractivity contribution >= 4 is 17.8 Å². The van der Waals surface area contributed by atoms with Crippen molar-refractivity contribution in [3.63, 3.8) is 0 Å². The van der Waals surface area contributed by atoms with Gasteiger partial charge in [0.2, 0.25) is 0 Å². The average molecular weight is 395 g/mol. The van der Waals surface area contributed by atoms with Crippen molar-refractivity contribution < 1.29 is 23.9 Å². The average Bonchev–Trinajstić information content (AvgIpc) is 2.76. The molecule has 0 saturated carbocycles. The molecule has 0 atom stereocenters. The van der Waals surface area contributed by atoms with Gasteiger partial charge in [0.15, 0.2) is 6.61 Å². The number of carbonyl (C=O) groups excluding carboxylic acids is 3. The molecule has 29 heavy (non-hydrogen) atoms. The van der Waals surface area contributed by atoms with Crippen molar-refractivity contribution in [1.29, 1.82) is 0 Å². The predicted octanol–water partition coefficient (Wildman–Crippen LogP) is 2.75. The van der Waals surface area contributed by atoms with Gasteiger partial charge in [-0.2, -0.15) is 0 Å². The lowest BCUT2D eigenvalue weighted by atomic mass is 9.90. The molecule has 0 aromatic heterocycles. The van der Waals surface area contributed by atoms with Crippen LogP contribution in [0.2, 0.25) is 0 Å². The SMILES string of the molecule is COC(=O)c1ccc(CNC(=O)COC(=O)Cc2ccc3c(c2)CCCC3)cc1. The van der Waals surface area contributed by atoms with Crippen molar-refractivity contribution in [2.45, 2.75) is 38.6 Å². The van der Waals surface area contributed by atoms with Crippen molar-refractivity contribution in [3.05, 3.63) is 70.3 Å². The minimum atomic E-state index is -0.418. The summed E-state index contributed by atoms with van der Waals surface area (Å²) in [5, 5.41) is 2.69. The highest BCUT2D eigenvalue weighted by Gasteiger charge is 2.13. The minimum Gasteiger partial charge on any atom is -0.465 e. The van der Waals surface area contributed by atoms with Crippen LogP contribution in [0.15, 0.2) is 42.5 Å². The maximum Gasteiger partial charge on any atom is 0.337 e. The van der Waals surface area contributed by atoms with Crippen LogP contribution in [0, 0.1) is 0 Å². The Balaban J connectivity index is 1.41. The number of fused-ring (bicyclic) bond motifs is 1. The van der Waals surface area contributed by atoms with E-state index in [1.54, 1.807) is 24.3 Å². The summed E-state index contributed by atoms with van der Waals surface area (Å²) in [4.78, 5) is 35.4. The van der Waals surface area contributed by atoms with E-state index in [1.807, 2.05) is 6.07 Å². The lowest BCUT2D eigenvalue weighted by Crippen LogP contribution is -2.28. The smallest absolute Gasteiger partial charge is 0.337 e. The van der Waals surface area contributed by atoms with Gasteiger partial charge < -0.3 is 14.8 Å². The zero-order valence-corrected chi connectivity index (χ0v) is 16.5. The molecule has 3 rings (SSSR count). The van der Waals surface area contributed by atoms with Crippen LogP contribution in [0.25, 0.3) is 0 Å². The monoisotopic (exact) mass is 395 g/mol. The fraction of sp³-hybridized carbons (Fsp3) is 0.348. The van der Waals surface area contributed by atoms with Crippen LogP contribution in [0.5, 0.6) is 0 Å². The van der Waals surface area contributed by atoms with Gasteiger partial charge in [0.05, 0.1) is 19.1 Å². The molecule has 0 unspecified atom stereocenters. The number of hydrogen-bond acceptors (Lipinski definition) is 5. The van der Waals surface area contributed by atoms with Gasteiger partial charge in [0.1, 0.15) is 0 Å². The van der Waals surface area contributed by atoms with Gasteiger partial charge in [0, 0.05) is 6.54 Å². The van der Waals surface area contributed by atoms with Gasteiger partial charge in [0.25, 0.3) is 5.91 Å². The van der Waals surface area contributed by atoms with Gasteiger partial charge in [-0.1, -0.05) is 30.3 Å². The second-order valence-electron chi connectivity index (χ2n) is 7.11. The van der Waals surface area contributed by atoms with Crippen LogP contribution in [0.4, 0.5) is 0 Å². The summed E-state index contributed by atoms with van der Waals surface area (Å²) in [7, 11) is 1.32. The number of esters is 2. The number of ether oxygens (including phenoxy) is 2. The molecule has 0 fully saturated rings. The summed E-state index contributed by atoms with van der Waals surface area (Å²) < 4.78 is 9.73. The Kier molecular flexibility index (Phi) is 7.00. The molecule has 6 nitrogen and oxygen atoms in total. The molecule has 0 bridgehead atoms. The van der Waals surface area contributed by atoms with Gasteiger partial charge in [-0.3, -0.25) is 9.59 Å². The van der Waals surface area contributed by atoms with Gasteiger partial charge in [-0.15, -0.1) is 0 Å². The molecule has 1 aliphatic rings. The fourth-order valence-electron chi connectivity index (χ4n) is 3.39. The summed E-state index contributed by atoms with van der Waals surface area (Å²) in [6.07, 6.45) is 4.73. The first-order valence-electron chi connectivity index (χ1n) is 9.75. The van der Waals surface area contributed by atoms with E-state index in [0.29, 0.717) is 5.56 Å². The number of rotatable bonds is 7. The van der Waals surface area contributed by atoms with Crippen LogP contribution < -0.4 is 5.32 Å². The van der Waals surface area contributed by atoms with E-state index in [0.717, 1.165) is 24.0 Å². The highest BCUT2D eigenvalue weighted by Crippen LogP contribution is 2.22. The van der Waals surface area contributed by atoms with E-state index in [4.69, 9.17) is 4.74 Å². The van der Waals surface area contributed by atoms with E-state index in [2.05, 4.69) is 22.2 Å². The summed E-state index contributed by atoms with van der Waals surface area (Å²) in [6.45, 7) is -0.0350. The fourth-order valence-corrected chi connectivity index (χ4v) is 3.39. The van der Waals surface area contributed by atoms with Crippen LogP contribution in [-0.2, 0) is 44.9 Å². The summed E-state index contributed by atoms with van der Waals surface area (Å²) in [5.41, 5.74) is 4.87. The first-order valence-corrected chi connectivity index (χ1v) is 9.75. The van der Waals surface area contributed by atoms with E-state index < -0.39 is 11.9 Å². The van der Waals surface area contributed by atoms with E-state index in [9.17, 15) is 14.4 Å². The summed E-state index contributed by atoms with van der Waals surface area (Å²) in [5.74, 6) is -1.20. The predicted molar refractivity (Wildman–Crippen MR) is 107 cm³/mol. The largest absolute Gasteiger partial charge is 0.465 e. The lowest BCUT2D eigenvalue weighted by Gasteiger charge is -2.16. The molecule has 0 aliphatic heterocycles. The molecule has 1 amide bonds. The molecule has 2 aromatic rings. The summed E-state index contributed by atoms with van der Waals surface area (Å²) >= 11 is 0. The Bertz CT molecular complexity index is 889. The standard InChI is InChI=1S/C23H25NO5/c1-28-23(27)19-10-6-16(7-11-19)14-24-21(25)15-29-22(26)13-17-8-9-18-4-2-3-5-20(18)12-17/h6-12H,2-5,13-15H2,1H3,(H,24,25). The highest BCUT2D eigenvalue weighted by molar-refractivity contribution is 5.89. The Labute approximate surface area is 170 Å². The number of methoxy groups -OCH3 is 1. The topological polar surface area (TPSA) is 81.7 Å². The molecule has 0 saturated heterocycles. The number of aryl methyl sites for hydroxylation is 2. The van der Waals surface area contributed by atoms with Crippen molar-refractivity contribution in [2.75, 3.05) is 13.7 Å². The number of nitrogens with one attached hydrogen (secondary N) is 1. The first kappa shape index (κ1) is 20.6. The third kappa shape index (κ3) is 5.91. The number of hydrogen-bond donors (Lipinski definition) is 1. The molecule has 6 heteroatoms. The normalized spacial score (nSPS) is 12.6. The van der Waals surface area contributed by atoms with E-state index in [1.165, 1.54) is 31.1 Å². The van der Waals surface area contributed by atoms with E-state index >= 15 is 0 Å². The van der Waals surface area contributed by atoms with Crippen molar-refractivity contribution in [2.24, 2.45) is 0 Å². The van der Waals surface area contributed by atoms with Crippen molar-refractivity contribution in [3.8, 4) is 0 Å². The molecular weight excluding hydrogens is 370 g/mol. The first-order chi connectivity index (χ1) is 14.0.